The molecule has 2 aliphatic rings. The van der Waals surface area contributed by atoms with Crippen LogP contribution in [-0.2, 0) is 25.7 Å². The first-order chi connectivity index (χ1) is 13.5. The number of carbonyl (C=O) groups is 3. The lowest BCUT2D eigenvalue weighted by Crippen LogP contribution is -2.66. The van der Waals surface area contributed by atoms with E-state index in [9.17, 15) is 14.4 Å². The highest BCUT2D eigenvalue weighted by atomic mass is 16.6. The number of hydrogen-bond donors (Lipinski definition) is 1. The van der Waals surface area contributed by atoms with Gasteiger partial charge in [-0.05, 0) is 18.4 Å². The van der Waals surface area contributed by atoms with Gasteiger partial charge in [-0.2, -0.15) is 0 Å². The van der Waals surface area contributed by atoms with Gasteiger partial charge in [0.25, 0.3) is 0 Å². The number of rotatable bonds is 3. The third-order valence-electron chi connectivity index (χ3n) is 5.03. The molecule has 0 saturated carbocycles. The molecule has 0 aliphatic carbocycles. The molecule has 1 aromatic rings. The quantitative estimate of drug-likeness (QED) is 0.615. The fourth-order valence-electron chi connectivity index (χ4n) is 3.56. The van der Waals surface area contributed by atoms with E-state index in [-0.39, 0.29) is 31.6 Å². The lowest BCUT2D eigenvalue weighted by atomic mass is 9.98. The van der Waals surface area contributed by atoms with Gasteiger partial charge in [0.1, 0.15) is 12.6 Å². The first-order valence-electron chi connectivity index (χ1n) is 9.27. The van der Waals surface area contributed by atoms with Gasteiger partial charge in [0, 0.05) is 6.54 Å². The van der Waals surface area contributed by atoms with Crippen LogP contribution in [0.25, 0.3) is 0 Å². The number of nitrogens with two attached hydrogens (primary N) is 1. The predicted octanol–water partition coefficient (Wildman–Crippen LogP) is 1.05. The zero-order chi connectivity index (χ0) is 20.1. The minimum Gasteiger partial charge on any atom is -0.467 e. The molecule has 0 bridgehead atoms. The van der Waals surface area contributed by atoms with Crippen LogP contribution in [0.2, 0.25) is 0 Å². The van der Waals surface area contributed by atoms with E-state index in [1.807, 2.05) is 42.5 Å². The Balaban J connectivity index is 1.76. The topological polar surface area (TPSA) is 102 Å². The summed E-state index contributed by atoms with van der Waals surface area (Å²) in [6, 6.07) is 7.35. The molecular weight excluding hydrogens is 362 g/mol. The van der Waals surface area contributed by atoms with Gasteiger partial charge in [0.15, 0.2) is 0 Å². The van der Waals surface area contributed by atoms with Gasteiger partial charge >= 0.3 is 12.1 Å². The van der Waals surface area contributed by atoms with Gasteiger partial charge in [-0.15, -0.1) is 0 Å². The molecule has 3 rings (SSSR count). The normalized spacial score (nSPS) is 25.9. The van der Waals surface area contributed by atoms with Crippen molar-refractivity contribution in [2.45, 2.75) is 37.6 Å². The number of piperazine rings is 1. The molecule has 0 radical (unpaired) electrons. The van der Waals surface area contributed by atoms with E-state index in [1.54, 1.807) is 0 Å². The van der Waals surface area contributed by atoms with E-state index in [1.165, 1.54) is 16.9 Å². The van der Waals surface area contributed by atoms with Gasteiger partial charge in [-0.3, -0.25) is 4.79 Å². The summed E-state index contributed by atoms with van der Waals surface area (Å²) in [4.78, 5) is 40.7. The van der Waals surface area contributed by atoms with E-state index in [4.69, 9.17) is 15.2 Å². The fraction of sp³-hybridized carbons (Fsp3) is 0.450. The maximum Gasteiger partial charge on any atom is 0.410 e. The molecular formula is C20H25N3O5. The van der Waals surface area contributed by atoms with Crippen LogP contribution in [0.4, 0.5) is 4.79 Å². The molecule has 2 amide bonds. The number of benzene rings is 1. The molecule has 0 spiro atoms. The van der Waals surface area contributed by atoms with Crippen molar-refractivity contribution >= 4 is 18.0 Å². The third kappa shape index (κ3) is 4.33. The lowest BCUT2D eigenvalue weighted by molar-refractivity contribution is -0.159. The van der Waals surface area contributed by atoms with Crippen LogP contribution in [0.3, 0.4) is 0 Å². The highest BCUT2D eigenvalue weighted by molar-refractivity contribution is 5.89. The molecule has 2 N–H and O–H groups in total. The van der Waals surface area contributed by atoms with Crippen molar-refractivity contribution in [2.75, 3.05) is 20.2 Å². The average Bonchev–Trinajstić information content (AvgIpc) is 2.72. The number of fused-ring (bicyclic) bond motifs is 1. The number of ether oxygens (including phenoxy) is 2. The van der Waals surface area contributed by atoms with Gasteiger partial charge < -0.3 is 25.0 Å². The Morgan fingerprint density at radius 3 is 2.57 bits per heavy atom. The van der Waals surface area contributed by atoms with Gasteiger partial charge in [0.2, 0.25) is 5.91 Å². The van der Waals surface area contributed by atoms with Crippen molar-refractivity contribution in [1.29, 1.82) is 0 Å². The SMILES string of the molecule is COC(=O)[C@@H]1CN(C(=O)OCc2ccccc2)C[C@@H]2C/C=C\C[C@H](N)C(=O)N21. The fourth-order valence-corrected chi connectivity index (χ4v) is 3.56. The molecule has 150 valence electrons. The van der Waals surface area contributed by atoms with Crippen LogP contribution in [0.15, 0.2) is 42.5 Å². The van der Waals surface area contributed by atoms with E-state index >= 15 is 0 Å². The smallest absolute Gasteiger partial charge is 0.410 e. The maximum absolute atomic E-state index is 12.8. The van der Waals surface area contributed by atoms with Crippen LogP contribution in [-0.4, -0.2) is 66.1 Å². The van der Waals surface area contributed by atoms with Crippen molar-refractivity contribution in [3.63, 3.8) is 0 Å². The van der Waals surface area contributed by atoms with E-state index in [0.717, 1.165) is 5.56 Å². The molecule has 28 heavy (non-hydrogen) atoms. The van der Waals surface area contributed by atoms with Crippen molar-refractivity contribution < 1.29 is 23.9 Å². The van der Waals surface area contributed by atoms with Crippen molar-refractivity contribution in [3.05, 3.63) is 48.0 Å². The summed E-state index contributed by atoms with van der Waals surface area (Å²) >= 11 is 0. The summed E-state index contributed by atoms with van der Waals surface area (Å²) in [5.41, 5.74) is 6.83. The van der Waals surface area contributed by atoms with Crippen LogP contribution >= 0.6 is 0 Å². The Morgan fingerprint density at radius 1 is 1.14 bits per heavy atom. The minimum absolute atomic E-state index is 0.0129. The van der Waals surface area contributed by atoms with E-state index in [0.29, 0.717) is 12.8 Å². The number of nitrogens with zero attached hydrogens (tertiary/aromatic N) is 2. The van der Waals surface area contributed by atoms with Gasteiger partial charge in [-0.1, -0.05) is 42.5 Å². The molecule has 2 heterocycles. The van der Waals surface area contributed by atoms with Crippen LogP contribution in [0, 0.1) is 0 Å². The Kier molecular flexibility index (Phi) is 6.30. The molecule has 2 aliphatic heterocycles. The third-order valence-corrected chi connectivity index (χ3v) is 5.03. The summed E-state index contributed by atoms with van der Waals surface area (Å²) in [5.74, 6) is -0.877. The van der Waals surface area contributed by atoms with Gasteiger partial charge in [0.05, 0.1) is 25.7 Å². The van der Waals surface area contributed by atoms with Crippen molar-refractivity contribution in [1.82, 2.24) is 9.80 Å². The molecule has 1 saturated heterocycles. The highest BCUT2D eigenvalue weighted by Gasteiger charge is 2.44. The number of amides is 2. The summed E-state index contributed by atoms with van der Waals surface area (Å²) in [6.45, 7) is 0.417. The summed E-state index contributed by atoms with van der Waals surface area (Å²) in [5, 5.41) is 0. The van der Waals surface area contributed by atoms with Crippen molar-refractivity contribution in [3.8, 4) is 0 Å². The second-order valence-corrected chi connectivity index (χ2v) is 6.93. The number of esters is 1. The summed E-state index contributed by atoms with van der Waals surface area (Å²) < 4.78 is 10.3. The summed E-state index contributed by atoms with van der Waals surface area (Å²) in [7, 11) is 1.26. The standard InChI is InChI=1S/C20H25N3O5/c1-27-19(25)17-12-22(20(26)28-13-14-7-3-2-4-8-14)11-15-9-5-6-10-16(21)18(24)23(15)17/h2-8,15-17H,9-13,21H2,1H3/b6-5-/t15-,16-,17-/m0/s1. The molecule has 0 unspecified atom stereocenters. The first-order valence-corrected chi connectivity index (χ1v) is 9.27. The highest BCUT2D eigenvalue weighted by Crippen LogP contribution is 2.24. The van der Waals surface area contributed by atoms with Crippen molar-refractivity contribution in [2.24, 2.45) is 5.73 Å². The zero-order valence-electron chi connectivity index (χ0n) is 15.8. The number of methoxy groups -OCH3 is 1. The van der Waals surface area contributed by atoms with Crippen LogP contribution in [0.5, 0.6) is 0 Å². The number of carbonyl (C=O) groups excluding carboxylic acids is 3. The Bertz CT molecular complexity index is 751. The second kappa shape index (κ2) is 8.88. The Morgan fingerprint density at radius 2 is 1.86 bits per heavy atom. The Labute approximate surface area is 163 Å². The maximum atomic E-state index is 12.8. The van der Waals surface area contributed by atoms with E-state index in [2.05, 4.69) is 0 Å². The second-order valence-electron chi connectivity index (χ2n) is 6.93. The molecule has 8 nitrogen and oxygen atoms in total. The minimum atomic E-state index is -0.905. The largest absolute Gasteiger partial charge is 0.467 e. The predicted molar refractivity (Wildman–Crippen MR) is 101 cm³/mol. The van der Waals surface area contributed by atoms with E-state index < -0.39 is 24.1 Å². The molecule has 0 aromatic heterocycles. The van der Waals surface area contributed by atoms with Gasteiger partial charge in [-0.25, -0.2) is 9.59 Å². The van der Waals surface area contributed by atoms with Crippen LogP contribution in [0.1, 0.15) is 18.4 Å². The molecule has 8 heteroatoms. The number of hydrogen-bond acceptors (Lipinski definition) is 6. The molecule has 3 atom stereocenters. The molecule has 1 aromatic carbocycles. The zero-order valence-corrected chi connectivity index (χ0v) is 15.8. The lowest BCUT2D eigenvalue weighted by Gasteiger charge is -2.46. The molecule has 1 fully saturated rings. The summed E-state index contributed by atoms with van der Waals surface area (Å²) in [6.07, 6.45) is 4.20. The average molecular weight is 387 g/mol. The van der Waals surface area contributed by atoms with Crippen LogP contribution < -0.4 is 5.73 Å². The monoisotopic (exact) mass is 387 g/mol. The first kappa shape index (κ1) is 19.9. The Hall–Kier alpha value is -2.87.